The highest BCUT2D eigenvalue weighted by Gasteiger charge is 2.38. The molecule has 0 N–H and O–H groups in total. The molecule has 180 valence electrons. The number of para-hydroxylation sites is 2. The van der Waals surface area contributed by atoms with Crippen molar-refractivity contribution in [1.29, 1.82) is 0 Å². The van der Waals surface area contributed by atoms with Crippen LogP contribution in [0.5, 0.6) is 17.5 Å². The molecule has 1 aliphatic rings. The normalized spacial score (nSPS) is 14.2. The van der Waals surface area contributed by atoms with Crippen LogP contribution in [0.2, 0.25) is 0 Å². The Labute approximate surface area is 212 Å². The van der Waals surface area contributed by atoms with E-state index in [1.165, 1.54) is 0 Å². The lowest BCUT2D eigenvalue weighted by molar-refractivity contribution is 0.402. The molecule has 0 fully saturated rings. The summed E-state index contributed by atoms with van der Waals surface area (Å²) < 4.78 is 15.5. The van der Waals surface area contributed by atoms with E-state index in [0.29, 0.717) is 29.0 Å². The van der Waals surface area contributed by atoms with E-state index in [2.05, 4.69) is 16.0 Å². The summed E-state index contributed by atoms with van der Waals surface area (Å²) in [4.78, 5) is 14.0. The molecular weight excluding hydrogens is 466 g/mol. The number of aryl methyl sites for hydroxylation is 1. The van der Waals surface area contributed by atoms with Crippen molar-refractivity contribution in [2.75, 3.05) is 7.11 Å². The fraction of sp³-hybridized carbons (Fsp3) is 0.107. The molecule has 7 rings (SSSR count). The lowest BCUT2D eigenvalue weighted by atomic mass is 9.85. The predicted molar refractivity (Wildman–Crippen MR) is 136 cm³/mol. The Hall–Kier alpha value is -5.05. The van der Waals surface area contributed by atoms with Crippen molar-refractivity contribution in [3.05, 3.63) is 108 Å². The van der Waals surface area contributed by atoms with Crippen LogP contribution in [0, 0.1) is 6.92 Å². The molecule has 0 amide bonds. The standard InChI is InChI=1S/C28H21N7O2/c1-17-22-23(18-9-8-14-29-15-18)24-26-31-25(20-12-6-7-13-21(20)36-2)33-34(26)16-30-27(24)37-28(22)35(32-17)19-10-4-3-5-11-19/h3-16,23H,1-2H3/t23-/m1/s1. The maximum Gasteiger partial charge on any atom is 0.230 e. The van der Waals surface area contributed by atoms with E-state index in [1.807, 2.05) is 78.5 Å². The van der Waals surface area contributed by atoms with E-state index in [9.17, 15) is 0 Å². The molecule has 9 nitrogen and oxygen atoms in total. The van der Waals surface area contributed by atoms with Crippen LogP contribution in [0.1, 0.15) is 28.3 Å². The molecule has 9 heteroatoms. The summed E-state index contributed by atoms with van der Waals surface area (Å²) in [5.74, 6) is 2.08. The third-order valence-electron chi connectivity index (χ3n) is 6.59. The van der Waals surface area contributed by atoms with E-state index in [0.717, 1.165) is 33.6 Å². The minimum Gasteiger partial charge on any atom is -0.496 e. The first-order valence-electron chi connectivity index (χ1n) is 11.8. The Morgan fingerprint density at radius 3 is 2.57 bits per heavy atom. The molecule has 4 aromatic heterocycles. The van der Waals surface area contributed by atoms with Crippen LogP contribution < -0.4 is 9.47 Å². The first-order chi connectivity index (χ1) is 18.2. The Bertz CT molecular complexity index is 1760. The molecule has 0 saturated heterocycles. The number of benzene rings is 2. The number of hydrogen-bond donors (Lipinski definition) is 0. The molecule has 0 aliphatic carbocycles. The summed E-state index contributed by atoms with van der Waals surface area (Å²) in [5.41, 5.74) is 5.95. The summed E-state index contributed by atoms with van der Waals surface area (Å²) in [6.45, 7) is 1.99. The molecule has 2 aromatic carbocycles. The summed E-state index contributed by atoms with van der Waals surface area (Å²) >= 11 is 0. The highest BCUT2D eigenvalue weighted by atomic mass is 16.5. The van der Waals surface area contributed by atoms with Gasteiger partial charge in [0, 0.05) is 12.4 Å². The van der Waals surface area contributed by atoms with Gasteiger partial charge < -0.3 is 9.47 Å². The van der Waals surface area contributed by atoms with Crippen molar-refractivity contribution in [1.82, 2.24) is 34.3 Å². The highest BCUT2D eigenvalue weighted by molar-refractivity contribution is 5.70. The minimum atomic E-state index is -0.254. The summed E-state index contributed by atoms with van der Waals surface area (Å²) in [6, 6.07) is 21.6. The number of methoxy groups -OCH3 is 1. The van der Waals surface area contributed by atoms with Crippen LogP contribution in [-0.4, -0.2) is 41.5 Å². The molecule has 6 aromatic rings. The number of rotatable bonds is 4. The van der Waals surface area contributed by atoms with Gasteiger partial charge in [-0.1, -0.05) is 36.4 Å². The van der Waals surface area contributed by atoms with Gasteiger partial charge in [-0.25, -0.2) is 19.2 Å². The number of nitrogens with zero attached hydrogens (tertiary/aromatic N) is 7. The third-order valence-corrected chi connectivity index (χ3v) is 6.59. The molecule has 0 saturated carbocycles. The minimum absolute atomic E-state index is 0.254. The molecule has 37 heavy (non-hydrogen) atoms. The zero-order valence-corrected chi connectivity index (χ0v) is 20.1. The van der Waals surface area contributed by atoms with Crippen LogP contribution in [0.4, 0.5) is 0 Å². The van der Waals surface area contributed by atoms with Crippen molar-refractivity contribution in [2.24, 2.45) is 0 Å². The van der Waals surface area contributed by atoms with E-state index in [-0.39, 0.29) is 5.92 Å². The Kier molecular flexibility index (Phi) is 4.75. The van der Waals surface area contributed by atoms with Gasteiger partial charge in [-0.05, 0) is 42.8 Å². The summed E-state index contributed by atoms with van der Waals surface area (Å²) in [5, 5.41) is 9.59. The zero-order chi connectivity index (χ0) is 24.9. The van der Waals surface area contributed by atoms with Gasteiger partial charge >= 0.3 is 0 Å². The second-order valence-corrected chi connectivity index (χ2v) is 8.74. The second-order valence-electron chi connectivity index (χ2n) is 8.74. The monoisotopic (exact) mass is 487 g/mol. The lowest BCUT2D eigenvalue weighted by Gasteiger charge is -2.26. The van der Waals surface area contributed by atoms with Crippen LogP contribution in [0.3, 0.4) is 0 Å². The average Bonchev–Trinajstić information content (AvgIpc) is 3.54. The summed E-state index contributed by atoms with van der Waals surface area (Å²) in [6.07, 6.45) is 5.26. The van der Waals surface area contributed by atoms with Crippen molar-refractivity contribution in [2.45, 2.75) is 12.8 Å². The van der Waals surface area contributed by atoms with Crippen molar-refractivity contribution in [3.8, 4) is 34.6 Å². The molecule has 0 bridgehead atoms. The van der Waals surface area contributed by atoms with Gasteiger partial charge in [0.15, 0.2) is 11.5 Å². The van der Waals surface area contributed by atoms with Gasteiger partial charge in [0.25, 0.3) is 0 Å². The van der Waals surface area contributed by atoms with Crippen LogP contribution in [-0.2, 0) is 0 Å². The molecule has 1 atom stereocenters. The van der Waals surface area contributed by atoms with Gasteiger partial charge in [0.05, 0.1) is 41.1 Å². The average molecular weight is 488 g/mol. The van der Waals surface area contributed by atoms with Gasteiger partial charge in [-0.3, -0.25) is 4.98 Å². The quantitative estimate of drug-likeness (QED) is 0.346. The smallest absolute Gasteiger partial charge is 0.230 e. The highest BCUT2D eigenvalue weighted by Crippen LogP contribution is 2.49. The van der Waals surface area contributed by atoms with Gasteiger partial charge in [0.1, 0.15) is 12.1 Å². The SMILES string of the molecule is COc1ccccc1-c1nc2c3c(ncn2n1)Oc1c(c(C)nn1-c1ccccc1)[C@H]3c1cccnc1. The van der Waals surface area contributed by atoms with E-state index < -0.39 is 0 Å². The van der Waals surface area contributed by atoms with Crippen molar-refractivity contribution in [3.63, 3.8) is 0 Å². The number of fused-ring (bicyclic) bond motifs is 4. The fourth-order valence-electron chi connectivity index (χ4n) is 4.95. The van der Waals surface area contributed by atoms with Crippen LogP contribution in [0.25, 0.3) is 22.7 Å². The zero-order valence-electron chi connectivity index (χ0n) is 20.1. The van der Waals surface area contributed by atoms with E-state index >= 15 is 0 Å². The molecular formula is C28H21N7O2. The number of ether oxygens (including phenoxy) is 2. The van der Waals surface area contributed by atoms with Crippen LogP contribution >= 0.6 is 0 Å². The Morgan fingerprint density at radius 1 is 0.919 bits per heavy atom. The topological polar surface area (TPSA) is 92.3 Å². The van der Waals surface area contributed by atoms with Crippen molar-refractivity contribution >= 4 is 5.65 Å². The third kappa shape index (κ3) is 3.28. The second kappa shape index (κ2) is 8.27. The molecule has 0 unspecified atom stereocenters. The first kappa shape index (κ1) is 21.3. The first-order valence-corrected chi connectivity index (χ1v) is 11.8. The lowest BCUT2D eigenvalue weighted by Crippen LogP contribution is -2.16. The number of aromatic nitrogens is 7. The molecule has 5 heterocycles. The maximum atomic E-state index is 6.47. The van der Waals surface area contributed by atoms with Crippen molar-refractivity contribution < 1.29 is 9.47 Å². The van der Waals surface area contributed by atoms with E-state index in [1.54, 1.807) is 24.1 Å². The van der Waals surface area contributed by atoms with Gasteiger partial charge in [-0.15, -0.1) is 5.10 Å². The van der Waals surface area contributed by atoms with Gasteiger partial charge in [-0.2, -0.15) is 5.10 Å². The Morgan fingerprint density at radius 2 is 1.76 bits per heavy atom. The number of hydrogen-bond acceptors (Lipinski definition) is 7. The van der Waals surface area contributed by atoms with Crippen LogP contribution in [0.15, 0.2) is 85.5 Å². The summed E-state index contributed by atoms with van der Waals surface area (Å²) in [7, 11) is 1.64. The molecule has 0 spiro atoms. The maximum absolute atomic E-state index is 6.47. The van der Waals surface area contributed by atoms with E-state index in [4.69, 9.17) is 24.7 Å². The largest absolute Gasteiger partial charge is 0.496 e. The Balaban J connectivity index is 1.49. The number of pyridine rings is 1. The fourth-order valence-corrected chi connectivity index (χ4v) is 4.95. The predicted octanol–water partition coefficient (Wildman–Crippen LogP) is 4.97. The molecule has 1 aliphatic heterocycles. The van der Waals surface area contributed by atoms with Gasteiger partial charge in [0.2, 0.25) is 11.8 Å². The molecule has 0 radical (unpaired) electrons.